The maximum Gasteiger partial charge on any atom is 0.309 e. The van der Waals surface area contributed by atoms with Crippen LogP contribution in [0.4, 0.5) is 0 Å². The Labute approximate surface area is 108 Å². The van der Waals surface area contributed by atoms with E-state index < -0.39 is 11.4 Å². The average Bonchev–Trinajstić information content (AvgIpc) is 2.29. The highest BCUT2D eigenvalue weighted by atomic mass is 16.4. The summed E-state index contributed by atoms with van der Waals surface area (Å²) in [6, 6.07) is 7.73. The SMILES string of the molecule is CC(C)(Cc1ccccc1C(C)(C)CO)C(=O)O. The van der Waals surface area contributed by atoms with E-state index in [1.807, 2.05) is 38.1 Å². The van der Waals surface area contributed by atoms with Crippen LogP contribution < -0.4 is 0 Å². The maximum atomic E-state index is 11.2. The summed E-state index contributed by atoms with van der Waals surface area (Å²) in [5.41, 5.74) is 0.845. The van der Waals surface area contributed by atoms with Crippen molar-refractivity contribution < 1.29 is 15.0 Å². The van der Waals surface area contributed by atoms with Crippen molar-refractivity contribution in [2.75, 3.05) is 6.61 Å². The summed E-state index contributed by atoms with van der Waals surface area (Å²) >= 11 is 0. The summed E-state index contributed by atoms with van der Waals surface area (Å²) in [5, 5.41) is 18.7. The normalized spacial score (nSPS) is 12.5. The molecule has 0 aliphatic heterocycles. The Balaban J connectivity index is 3.15. The first-order valence-electron chi connectivity index (χ1n) is 6.13. The standard InChI is InChI=1S/C15H22O3/c1-14(2,13(17)18)9-11-7-5-6-8-12(11)15(3,4)10-16/h5-8,16H,9-10H2,1-4H3,(H,17,18). The van der Waals surface area contributed by atoms with E-state index in [9.17, 15) is 15.0 Å². The first-order chi connectivity index (χ1) is 8.20. The Morgan fingerprint density at radius 1 is 1.17 bits per heavy atom. The van der Waals surface area contributed by atoms with E-state index >= 15 is 0 Å². The van der Waals surface area contributed by atoms with Crippen molar-refractivity contribution in [3.63, 3.8) is 0 Å². The third kappa shape index (κ3) is 3.10. The minimum Gasteiger partial charge on any atom is -0.481 e. The minimum absolute atomic E-state index is 0.0392. The molecule has 1 aromatic carbocycles. The van der Waals surface area contributed by atoms with Gasteiger partial charge in [0.1, 0.15) is 0 Å². The van der Waals surface area contributed by atoms with Crippen molar-refractivity contribution in [3.8, 4) is 0 Å². The van der Waals surface area contributed by atoms with E-state index in [1.54, 1.807) is 13.8 Å². The third-order valence-electron chi connectivity index (χ3n) is 3.35. The predicted molar refractivity (Wildman–Crippen MR) is 71.7 cm³/mol. The summed E-state index contributed by atoms with van der Waals surface area (Å²) in [7, 11) is 0. The highest BCUT2D eigenvalue weighted by Gasteiger charge is 2.30. The molecule has 0 aliphatic carbocycles. The van der Waals surface area contributed by atoms with Gasteiger partial charge in [0.25, 0.3) is 0 Å². The van der Waals surface area contributed by atoms with E-state index in [2.05, 4.69) is 0 Å². The molecule has 1 aromatic rings. The Morgan fingerprint density at radius 3 is 2.22 bits per heavy atom. The molecular formula is C15H22O3. The van der Waals surface area contributed by atoms with E-state index in [0.717, 1.165) is 11.1 Å². The van der Waals surface area contributed by atoms with Crippen LogP contribution in [0, 0.1) is 5.41 Å². The largest absolute Gasteiger partial charge is 0.481 e. The van der Waals surface area contributed by atoms with Crippen LogP contribution in [0.1, 0.15) is 38.8 Å². The Bertz CT molecular complexity index is 433. The fourth-order valence-corrected chi connectivity index (χ4v) is 1.97. The average molecular weight is 250 g/mol. The second kappa shape index (κ2) is 5.11. The van der Waals surface area contributed by atoms with Gasteiger partial charge >= 0.3 is 5.97 Å². The van der Waals surface area contributed by atoms with Gasteiger partial charge in [-0.05, 0) is 31.4 Å². The van der Waals surface area contributed by atoms with Gasteiger partial charge in [0, 0.05) is 5.41 Å². The number of carboxylic acid groups (broad SMARTS) is 1. The molecule has 3 heteroatoms. The lowest BCUT2D eigenvalue weighted by atomic mass is 9.77. The number of hydrogen-bond donors (Lipinski definition) is 2. The van der Waals surface area contributed by atoms with Crippen molar-refractivity contribution in [1.82, 2.24) is 0 Å². The van der Waals surface area contributed by atoms with Crippen LogP contribution in [0.3, 0.4) is 0 Å². The first kappa shape index (κ1) is 14.7. The number of aliphatic carboxylic acids is 1. The third-order valence-corrected chi connectivity index (χ3v) is 3.35. The molecule has 0 aliphatic rings. The lowest BCUT2D eigenvalue weighted by Crippen LogP contribution is -2.29. The molecule has 0 amide bonds. The molecule has 0 spiro atoms. The van der Waals surface area contributed by atoms with Gasteiger partial charge in [-0.1, -0.05) is 38.1 Å². The summed E-state index contributed by atoms with van der Waals surface area (Å²) in [6.45, 7) is 7.40. The van der Waals surface area contributed by atoms with Gasteiger partial charge in [0.05, 0.1) is 12.0 Å². The molecular weight excluding hydrogens is 228 g/mol. The maximum absolute atomic E-state index is 11.2. The van der Waals surface area contributed by atoms with Gasteiger partial charge in [-0.2, -0.15) is 0 Å². The summed E-state index contributed by atoms with van der Waals surface area (Å²) in [4.78, 5) is 11.2. The Hall–Kier alpha value is -1.35. The van der Waals surface area contributed by atoms with Gasteiger partial charge in [0.2, 0.25) is 0 Å². The minimum atomic E-state index is -0.806. The molecule has 18 heavy (non-hydrogen) atoms. The van der Waals surface area contributed by atoms with E-state index in [4.69, 9.17) is 0 Å². The van der Waals surface area contributed by atoms with Crippen molar-refractivity contribution >= 4 is 5.97 Å². The smallest absolute Gasteiger partial charge is 0.309 e. The number of aliphatic hydroxyl groups is 1. The van der Waals surface area contributed by atoms with Crippen LogP contribution in [0.5, 0.6) is 0 Å². The molecule has 0 aromatic heterocycles. The number of hydrogen-bond acceptors (Lipinski definition) is 2. The molecule has 0 saturated carbocycles. The van der Waals surface area contributed by atoms with Crippen LogP contribution in [0.15, 0.2) is 24.3 Å². The van der Waals surface area contributed by atoms with Crippen LogP contribution in [0.2, 0.25) is 0 Å². The zero-order valence-corrected chi connectivity index (χ0v) is 11.5. The molecule has 0 fully saturated rings. The van der Waals surface area contributed by atoms with Crippen LogP contribution in [0.25, 0.3) is 0 Å². The number of aliphatic hydroxyl groups excluding tert-OH is 1. The molecule has 2 N–H and O–H groups in total. The van der Waals surface area contributed by atoms with Crippen molar-refractivity contribution in [2.24, 2.45) is 5.41 Å². The quantitative estimate of drug-likeness (QED) is 0.844. The topological polar surface area (TPSA) is 57.5 Å². The Kier molecular flexibility index (Phi) is 4.17. The second-order valence-electron chi connectivity index (χ2n) is 6.06. The molecule has 0 unspecified atom stereocenters. The van der Waals surface area contributed by atoms with Crippen LogP contribution >= 0.6 is 0 Å². The monoisotopic (exact) mass is 250 g/mol. The molecule has 1 rings (SSSR count). The molecule has 0 heterocycles. The van der Waals surface area contributed by atoms with Gasteiger partial charge in [0.15, 0.2) is 0 Å². The molecule has 0 radical (unpaired) electrons. The molecule has 0 atom stereocenters. The zero-order chi connectivity index (χ0) is 14.0. The molecule has 0 saturated heterocycles. The molecule has 0 bridgehead atoms. The number of carbonyl (C=O) groups is 1. The van der Waals surface area contributed by atoms with Crippen molar-refractivity contribution in [3.05, 3.63) is 35.4 Å². The van der Waals surface area contributed by atoms with Gasteiger partial charge in [-0.25, -0.2) is 0 Å². The zero-order valence-electron chi connectivity index (χ0n) is 11.5. The predicted octanol–water partition coefficient (Wildman–Crippen LogP) is 2.61. The fourth-order valence-electron chi connectivity index (χ4n) is 1.97. The highest BCUT2D eigenvalue weighted by Crippen LogP contribution is 2.31. The number of carboxylic acids is 1. The number of rotatable bonds is 5. The van der Waals surface area contributed by atoms with E-state index in [1.165, 1.54) is 0 Å². The summed E-state index contributed by atoms with van der Waals surface area (Å²) in [5.74, 6) is -0.806. The van der Waals surface area contributed by atoms with Gasteiger partial charge in [-0.15, -0.1) is 0 Å². The van der Waals surface area contributed by atoms with E-state index in [-0.39, 0.29) is 12.0 Å². The van der Waals surface area contributed by atoms with Crippen LogP contribution in [-0.2, 0) is 16.6 Å². The highest BCUT2D eigenvalue weighted by molar-refractivity contribution is 5.74. The molecule has 100 valence electrons. The van der Waals surface area contributed by atoms with Gasteiger partial charge in [-0.3, -0.25) is 4.79 Å². The summed E-state index contributed by atoms with van der Waals surface area (Å²) < 4.78 is 0. The van der Waals surface area contributed by atoms with E-state index in [0.29, 0.717) is 6.42 Å². The second-order valence-corrected chi connectivity index (χ2v) is 6.06. The van der Waals surface area contributed by atoms with Crippen molar-refractivity contribution in [2.45, 2.75) is 39.5 Å². The lowest BCUT2D eigenvalue weighted by molar-refractivity contribution is -0.146. The number of benzene rings is 1. The fraction of sp³-hybridized carbons (Fsp3) is 0.533. The van der Waals surface area contributed by atoms with Crippen molar-refractivity contribution in [1.29, 1.82) is 0 Å². The summed E-state index contributed by atoms with van der Waals surface area (Å²) in [6.07, 6.45) is 0.460. The van der Waals surface area contributed by atoms with Crippen LogP contribution in [-0.4, -0.2) is 22.8 Å². The lowest BCUT2D eigenvalue weighted by Gasteiger charge is -2.28. The Morgan fingerprint density at radius 2 is 1.72 bits per heavy atom. The van der Waals surface area contributed by atoms with Gasteiger partial charge < -0.3 is 10.2 Å². The molecule has 3 nitrogen and oxygen atoms in total. The first-order valence-corrected chi connectivity index (χ1v) is 6.13.